The Hall–Kier alpha value is -3.59. The van der Waals surface area contributed by atoms with E-state index >= 15 is 0 Å². The predicted octanol–water partition coefficient (Wildman–Crippen LogP) is 5.94. The second-order valence-electron chi connectivity index (χ2n) is 13.2. The minimum Gasteiger partial charge on any atom is -0.491 e. The molecule has 0 amide bonds. The fraction of sp³-hybridized carbons (Fsp3) is 0.471. The van der Waals surface area contributed by atoms with Gasteiger partial charge in [0.25, 0.3) is 0 Å². The molecule has 0 radical (unpaired) electrons. The molecule has 2 aromatic carbocycles. The number of ether oxygens (including phenoxy) is 1. The van der Waals surface area contributed by atoms with Gasteiger partial charge in [0.15, 0.2) is 0 Å². The van der Waals surface area contributed by atoms with Gasteiger partial charge < -0.3 is 34.7 Å². The number of piperidine rings is 1. The monoisotopic (exact) mass is 630 g/mol. The van der Waals surface area contributed by atoms with Crippen LogP contribution in [0.5, 0.6) is 5.75 Å². The Balaban J connectivity index is 1.22. The number of aromatic nitrogens is 3. The zero-order chi connectivity index (χ0) is 31.6. The van der Waals surface area contributed by atoms with Crippen molar-refractivity contribution in [1.29, 1.82) is 0 Å². The third kappa shape index (κ3) is 7.46. The molecule has 0 unspecified atom stereocenters. The number of anilines is 5. The lowest BCUT2D eigenvalue weighted by atomic mass is 10.0. The number of benzene rings is 2. The summed E-state index contributed by atoms with van der Waals surface area (Å²) < 4.78 is 19.4. The second-order valence-corrected chi connectivity index (χ2v) is 16.4. The summed E-state index contributed by atoms with van der Waals surface area (Å²) >= 11 is 0. The van der Waals surface area contributed by atoms with Gasteiger partial charge >= 0.3 is 0 Å². The summed E-state index contributed by atoms with van der Waals surface area (Å²) in [5.41, 5.74) is 3.48. The van der Waals surface area contributed by atoms with Crippen LogP contribution in [0.25, 0.3) is 11.0 Å². The first kappa shape index (κ1) is 31.4. The first-order valence-electron chi connectivity index (χ1n) is 16.1. The number of hydrogen-bond acceptors (Lipinski definition) is 9. The van der Waals surface area contributed by atoms with Gasteiger partial charge in [-0.3, -0.25) is 4.90 Å². The van der Waals surface area contributed by atoms with E-state index < -0.39 is 7.14 Å². The molecule has 0 bridgehead atoms. The van der Waals surface area contributed by atoms with Crippen LogP contribution < -0.4 is 25.6 Å². The molecule has 4 aromatic rings. The minimum atomic E-state index is -2.51. The Bertz CT molecular complexity index is 1650. The van der Waals surface area contributed by atoms with Gasteiger partial charge in [0.2, 0.25) is 5.95 Å². The molecule has 2 saturated heterocycles. The lowest BCUT2D eigenvalue weighted by Gasteiger charge is -2.42. The van der Waals surface area contributed by atoms with Gasteiger partial charge in [-0.1, -0.05) is 26.0 Å². The largest absolute Gasteiger partial charge is 0.491 e. The molecule has 0 spiro atoms. The van der Waals surface area contributed by atoms with Gasteiger partial charge in [-0.25, -0.2) is 0 Å². The summed E-state index contributed by atoms with van der Waals surface area (Å²) in [5, 5.41) is 8.51. The highest BCUT2D eigenvalue weighted by molar-refractivity contribution is 7.70. The number of piperazine rings is 1. The van der Waals surface area contributed by atoms with E-state index in [-0.39, 0.29) is 0 Å². The van der Waals surface area contributed by atoms with E-state index in [0.29, 0.717) is 36.0 Å². The number of rotatable bonds is 10. The van der Waals surface area contributed by atoms with Crippen molar-refractivity contribution in [3.63, 3.8) is 0 Å². The van der Waals surface area contributed by atoms with Crippen LogP contribution >= 0.6 is 7.14 Å². The van der Waals surface area contributed by atoms with Crippen LogP contribution in [0.2, 0.25) is 0 Å². The molecular weight excluding hydrogens is 583 g/mol. The summed E-state index contributed by atoms with van der Waals surface area (Å²) in [6.07, 6.45) is 4.19. The maximum atomic E-state index is 13.0. The molecule has 2 aromatic heterocycles. The number of fused-ring (bicyclic) bond motifs is 1. The van der Waals surface area contributed by atoms with Crippen molar-refractivity contribution in [1.82, 2.24) is 24.8 Å². The van der Waals surface area contributed by atoms with E-state index in [0.717, 1.165) is 59.7 Å². The van der Waals surface area contributed by atoms with Gasteiger partial charge in [0.05, 0.1) is 23.4 Å². The molecule has 2 aliphatic heterocycles. The smallest absolute Gasteiger partial charge is 0.231 e. The molecule has 0 atom stereocenters. The highest BCUT2D eigenvalue weighted by Crippen LogP contribution is 2.39. The summed E-state index contributed by atoms with van der Waals surface area (Å²) in [4.78, 5) is 20.4. The summed E-state index contributed by atoms with van der Waals surface area (Å²) in [6, 6.07) is 16.6. The zero-order valence-electron chi connectivity index (χ0n) is 27.2. The Morgan fingerprint density at radius 3 is 2.47 bits per heavy atom. The third-order valence-electron chi connectivity index (χ3n) is 8.80. The Kier molecular flexibility index (Phi) is 9.36. The Morgan fingerprint density at radius 2 is 1.73 bits per heavy atom. The number of hydrogen-bond donors (Lipinski definition) is 3. The Labute approximate surface area is 266 Å². The highest BCUT2D eigenvalue weighted by atomic mass is 31.2. The summed E-state index contributed by atoms with van der Waals surface area (Å²) in [6.45, 7) is 15.3. The fourth-order valence-electron chi connectivity index (χ4n) is 6.28. The maximum absolute atomic E-state index is 13.0. The molecule has 6 rings (SSSR count). The van der Waals surface area contributed by atoms with E-state index in [1.807, 2.05) is 36.5 Å². The van der Waals surface area contributed by atoms with Crippen LogP contribution in [0, 0.1) is 5.92 Å². The van der Waals surface area contributed by atoms with Crippen LogP contribution in [0.3, 0.4) is 0 Å². The molecule has 240 valence electrons. The van der Waals surface area contributed by atoms with Crippen LogP contribution in [-0.4, -0.2) is 97.0 Å². The minimum absolute atomic E-state index is 0.411. The SMILES string of the molecule is CC(C)COc1cc(Nc2nc(Nc3ccccc3P(C)(C)=O)c3cc[nH]c3n2)ccc1N1CCC(N2CCN(C)CC2)CC1. The van der Waals surface area contributed by atoms with Gasteiger partial charge in [0, 0.05) is 68.6 Å². The van der Waals surface area contributed by atoms with Crippen molar-refractivity contribution in [2.45, 2.75) is 32.7 Å². The maximum Gasteiger partial charge on any atom is 0.231 e. The lowest BCUT2D eigenvalue weighted by molar-refractivity contribution is 0.0981. The number of H-pyrrole nitrogens is 1. The van der Waals surface area contributed by atoms with Crippen molar-refractivity contribution in [2.24, 2.45) is 5.92 Å². The van der Waals surface area contributed by atoms with Crippen LogP contribution in [0.1, 0.15) is 26.7 Å². The number of para-hydroxylation sites is 1. The number of aromatic amines is 1. The van der Waals surface area contributed by atoms with E-state index in [1.165, 1.54) is 25.9 Å². The van der Waals surface area contributed by atoms with Crippen molar-refractivity contribution < 1.29 is 9.30 Å². The van der Waals surface area contributed by atoms with Gasteiger partial charge in [-0.15, -0.1) is 0 Å². The fourth-order valence-corrected chi connectivity index (χ4v) is 7.44. The normalized spacial score (nSPS) is 17.2. The molecule has 0 saturated carbocycles. The van der Waals surface area contributed by atoms with Crippen LogP contribution in [-0.2, 0) is 4.57 Å². The second kappa shape index (κ2) is 13.4. The van der Waals surface area contributed by atoms with Crippen molar-refractivity contribution in [2.75, 3.05) is 81.8 Å². The molecule has 11 heteroatoms. The molecule has 4 heterocycles. The van der Waals surface area contributed by atoms with Crippen molar-refractivity contribution in [3.8, 4) is 5.75 Å². The molecule has 2 aliphatic rings. The van der Waals surface area contributed by atoms with E-state index in [1.54, 1.807) is 13.3 Å². The average Bonchev–Trinajstić information content (AvgIpc) is 3.50. The number of likely N-dealkylation sites (N-methyl/N-ethyl adjacent to an activating group) is 1. The first-order chi connectivity index (χ1) is 21.6. The quantitative estimate of drug-likeness (QED) is 0.184. The van der Waals surface area contributed by atoms with Crippen molar-refractivity contribution >= 4 is 52.3 Å². The molecule has 45 heavy (non-hydrogen) atoms. The van der Waals surface area contributed by atoms with Gasteiger partial charge in [0.1, 0.15) is 24.4 Å². The summed E-state index contributed by atoms with van der Waals surface area (Å²) in [5.74, 6) is 2.38. The number of nitrogens with zero attached hydrogens (tertiary/aromatic N) is 5. The van der Waals surface area contributed by atoms with Gasteiger partial charge in [-0.05, 0) is 69.5 Å². The first-order valence-corrected chi connectivity index (χ1v) is 18.7. The summed E-state index contributed by atoms with van der Waals surface area (Å²) in [7, 11) is -0.288. The van der Waals surface area contributed by atoms with Crippen LogP contribution in [0.15, 0.2) is 54.7 Å². The topological polar surface area (TPSA) is 102 Å². The van der Waals surface area contributed by atoms with Crippen LogP contribution in [0.4, 0.5) is 28.8 Å². The predicted molar refractivity (Wildman–Crippen MR) is 187 cm³/mol. The molecule has 10 nitrogen and oxygen atoms in total. The molecular formula is C34H47N8O2P. The zero-order valence-corrected chi connectivity index (χ0v) is 28.1. The standard InChI is InChI=1S/C34H47N8O2P/c1-24(2)23-44-30-22-25(10-11-29(30)42-16-13-26(14-17-42)41-20-18-40(3)19-21-41)36-34-38-32-27(12-15-35-32)33(39-34)37-28-8-6-7-9-31(28)45(4,5)43/h6-12,15,22,24,26H,13-14,16-21,23H2,1-5H3,(H3,35,36,37,38,39). The highest BCUT2D eigenvalue weighted by Gasteiger charge is 2.28. The van der Waals surface area contributed by atoms with Gasteiger partial charge in [-0.2, -0.15) is 9.97 Å². The molecule has 3 N–H and O–H groups in total. The molecule has 0 aliphatic carbocycles. The van der Waals surface area contributed by atoms with E-state index in [9.17, 15) is 4.57 Å². The van der Waals surface area contributed by atoms with E-state index in [4.69, 9.17) is 14.7 Å². The lowest BCUT2D eigenvalue weighted by Crippen LogP contribution is -2.52. The third-order valence-corrected chi connectivity index (χ3v) is 10.4. The molecule has 2 fully saturated rings. The Morgan fingerprint density at radius 1 is 0.978 bits per heavy atom. The van der Waals surface area contributed by atoms with Crippen molar-refractivity contribution in [3.05, 3.63) is 54.7 Å². The average molecular weight is 631 g/mol. The van der Waals surface area contributed by atoms with E-state index in [2.05, 4.69) is 69.4 Å². The number of nitrogens with one attached hydrogen (secondary N) is 3.